The van der Waals surface area contributed by atoms with Crippen molar-refractivity contribution in [1.29, 1.82) is 0 Å². The molecule has 56 heavy (non-hydrogen) atoms. The van der Waals surface area contributed by atoms with E-state index in [-0.39, 0.29) is 59.6 Å². The summed E-state index contributed by atoms with van der Waals surface area (Å²) in [6.45, 7) is 1.13. The Morgan fingerprint density at radius 1 is 1.00 bits per heavy atom. The predicted molar refractivity (Wildman–Crippen MR) is 185 cm³/mol. The molecule has 1 atom stereocenters. The second-order valence-corrected chi connectivity index (χ2v) is 14.0. The highest BCUT2D eigenvalue weighted by Crippen LogP contribution is 2.35. The number of halogens is 7. The molecule has 0 radical (unpaired) electrons. The quantitative estimate of drug-likeness (QED) is 0.175. The number of rotatable bonds is 10. The normalized spacial score (nSPS) is 14.1. The van der Waals surface area contributed by atoms with Crippen LogP contribution in [0.25, 0.3) is 33.5 Å². The second-order valence-electron chi connectivity index (χ2n) is 14.0. The van der Waals surface area contributed by atoms with Gasteiger partial charge in [-0.3, -0.25) is 19.0 Å². The Morgan fingerprint density at radius 2 is 1.73 bits per heavy atom. The zero-order chi connectivity index (χ0) is 40.3. The van der Waals surface area contributed by atoms with Crippen molar-refractivity contribution in [2.75, 3.05) is 6.54 Å². The van der Waals surface area contributed by atoms with Crippen LogP contribution in [0.1, 0.15) is 53.4 Å². The van der Waals surface area contributed by atoms with Crippen LogP contribution in [0.5, 0.6) is 0 Å². The molecule has 5 aromatic heterocycles. The summed E-state index contributed by atoms with van der Waals surface area (Å²) < 4.78 is 102. The maximum atomic E-state index is 15.7. The number of fused-ring (bicyclic) bond motifs is 2. The summed E-state index contributed by atoms with van der Waals surface area (Å²) in [5.74, 6) is -3.06. The van der Waals surface area contributed by atoms with Gasteiger partial charge in [0, 0.05) is 55.8 Å². The molecule has 1 N–H and O–H groups in total. The Bertz CT molecular complexity index is 2470. The fourth-order valence-electron chi connectivity index (χ4n) is 6.77. The zero-order valence-corrected chi connectivity index (χ0v) is 30.1. The maximum absolute atomic E-state index is 15.7. The van der Waals surface area contributed by atoms with Gasteiger partial charge < -0.3 is 10.2 Å². The van der Waals surface area contributed by atoms with Crippen LogP contribution in [0.15, 0.2) is 55.2 Å². The van der Waals surface area contributed by atoms with Gasteiger partial charge in [-0.25, -0.2) is 28.4 Å². The van der Waals surface area contributed by atoms with Crippen LogP contribution in [0, 0.1) is 18.6 Å². The largest absolute Gasteiger partial charge is 0.435 e. The number of hydrogen-bond donors (Lipinski definition) is 1. The van der Waals surface area contributed by atoms with E-state index in [9.17, 15) is 31.5 Å². The van der Waals surface area contributed by atoms with Crippen LogP contribution in [0.3, 0.4) is 0 Å². The number of nitrogens with one attached hydrogen (secondary N) is 1. The molecule has 0 unspecified atom stereocenters. The molecular weight excluding hydrogens is 751 g/mol. The van der Waals surface area contributed by atoms with Gasteiger partial charge in [0.15, 0.2) is 11.5 Å². The Morgan fingerprint density at radius 3 is 2.41 bits per heavy atom. The summed E-state index contributed by atoms with van der Waals surface area (Å²) in [6.07, 6.45) is 0.989. The van der Waals surface area contributed by atoms with Crippen molar-refractivity contribution in [1.82, 2.24) is 54.5 Å². The summed E-state index contributed by atoms with van der Waals surface area (Å²) in [6, 6.07) is 2.91. The number of nitrogens with zero attached hydrogens (tertiary/aromatic N) is 10. The number of alkyl halides is 5. The lowest BCUT2D eigenvalue weighted by atomic mass is 9.90. The van der Waals surface area contributed by atoms with Gasteiger partial charge in [-0.15, -0.1) is 0 Å². The fourth-order valence-corrected chi connectivity index (χ4v) is 6.77. The fraction of sp³-hybridized carbons (Fsp3) is 0.333. The average molecular weight is 784 g/mol. The monoisotopic (exact) mass is 783 g/mol. The van der Waals surface area contributed by atoms with Crippen molar-refractivity contribution in [3.8, 4) is 22.5 Å². The standard InChI is InChI=1S/C36H32F7N11O2/c1-18-44-13-20(14-45-18)26-11-29(36(41,42)43)50-54(26)17-35(2,3)49-32(55)28(9-19-12-47-53(16-19)34(39)40)52-8-7-21-22(5-6-23(37)30(21)33(52)56)31-24(38)10-27-25(48-31)15-46-51(27)4/h5-6,10-16,28,34H,7-9,17H2,1-4H3,(H,49,55)/t28-/m1/s1. The van der Waals surface area contributed by atoms with Crippen LogP contribution >= 0.6 is 0 Å². The number of aryl methyl sites for hydroxylation is 2. The number of pyridine rings is 1. The van der Waals surface area contributed by atoms with Crippen LogP contribution in [0.2, 0.25) is 0 Å². The SMILES string of the molecule is Cc1ncc(-c2cc(C(F)(F)F)nn2CC(C)(C)NC(=O)[C@@H](Cc2cnn(C(F)F)c2)N2CCc3c(-c4nc5cnn(C)c5cc4F)ccc(F)c3C2=O)cn1. The Labute approximate surface area is 313 Å². The van der Waals surface area contributed by atoms with Crippen molar-refractivity contribution in [3.63, 3.8) is 0 Å². The van der Waals surface area contributed by atoms with E-state index in [2.05, 4.69) is 35.6 Å². The smallest absolute Gasteiger partial charge is 0.348 e. The number of carbonyl (C=O) groups is 2. The van der Waals surface area contributed by atoms with Crippen LogP contribution in [-0.2, 0) is 37.4 Å². The number of benzene rings is 1. The molecule has 20 heteroatoms. The minimum Gasteiger partial charge on any atom is -0.348 e. The lowest BCUT2D eigenvalue weighted by molar-refractivity contribution is -0.141. The minimum absolute atomic E-state index is 0.0123. The van der Waals surface area contributed by atoms with Gasteiger partial charge in [-0.05, 0) is 56.5 Å². The molecule has 0 bridgehead atoms. The zero-order valence-electron chi connectivity index (χ0n) is 30.1. The Kier molecular flexibility index (Phi) is 9.61. The molecule has 1 aromatic carbocycles. The summed E-state index contributed by atoms with van der Waals surface area (Å²) in [5.41, 5.74) is -1.67. The number of aromatic nitrogens is 9. The second kappa shape index (κ2) is 14.1. The van der Waals surface area contributed by atoms with Gasteiger partial charge in [-0.2, -0.15) is 37.2 Å². The van der Waals surface area contributed by atoms with Crippen LogP contribution < -0.4 is 5.32 Å². The molecule has 0 aliphatic carbocycles. The van der Waals surface area contributed by atoms with Gasteiger partial charge in [0.2, 0.25) is 5.91 Å². The predicted octanol–water partition coefficient (Wildman–Crippen LogP) is 5.69. The third-order valence-electron chi connectivity index (χ3n) is 9.40. The molecule has 6 aromatic rings. The lowest BCUT2D eigenvalue weighted by Gasteiger charge is -2.37. The topological polar surface area (TPSA) is 142 Å². The maximum Gasteiger partial charge on any atom is 0.435 e. The van der Waals surface area contributed by atoms with E-state index in [1.807, 2.05) is 0 Å². The lowest BCUT2D eigenvalue weighted by Crippen LogP contribution is -2.58. The first kappa shape index (κ1) is 38.1. The van der Waals surface area contributed by atoms with Crippen molar-refractivity contribution < 1.29 is 40.3 Å². The molecule has 0 saturated heterocycles. The van der Waals surface area contributed by atoms with Gasteiger partial charge in [0.25, 0.3) is 5.91 Å². The first-order chi connectivity index (χ1) is 26.4. The van der Waals surface area contributed by atoms with E-state index in [0.29, 0.717) is 21.5 Å². The highest BCUT2D eigenvalue weighted by molar-refractivity contribution is 6.01. The molecule has 1 aliphatic rings. The summed E-state index contributed by atoms with van der Waals surface area (Å²) in [5, 5.41) is 14.2. The van der Waals surface area contributed by atoms with Crippen molar-refractivity contribution >= 4 is 22.8 Å². The first-order valence-electron chi connectivity index (χ1n) is 17.1. The Hall–Kier alpha value is -6.21. The number of carbonyl (C=O) groups excluding carboxylic acids is 2. The summed E-state index contributed by atoms with van der Waals surface area (Å²) >= 11 is 0. The molecule has 1 aliphatic heterocycles. The van der Waals surface area contributed by atoms with E-state index < -0.39 is 59.0 Å². The molecule has 2 amide bonds. The van der Waals surface area contributed by atoms with Crippen LogP contribution in [-0.4, -0.2) is 79.1 Å². The number of amides is 2. The van der Waals surface area contributed by atoms with Gasteiger partial charge in [0.1, 0.15) is 28.9 Å². The van der Waals surface area contributed by atoms with Crippen molar-refractivity contribution in [2.24, 2.45) is 7.05 Å². The Balaban J connectivity index is 1.22. The summed E-state index contributed by atoms with van der Waals surface area (Å²) in [7, 11) is 1.61. The highest BCUT2D eigenvalue weighted by Gasteiger charge is 2.40. The molecule has 0 spiro atoms. The molecule has 13 nitrogen and oxygen atoms in total. The molecule has 0 fully saturated rings. The third kappa shape index (κ3) is 7.29. The van der Waals surface area contributed by atoms with Crippen molar-refractivity contribution in [3.05, 3.63) is 95.1 Å². The average Bonchev–Trinajstić information content (AvgIpc) is 3.86. The first-order valence-corrected chi connectivity index (χ1v) is 17.1. The van der Waals surface area contributed by atoms with Gasteiger partial charge in [0.05, 0.1) is 41.3 Å². The van der Waals surface area contributed by atoms with E-state index >= 15 is 8.78 Å². The molecule has 7 rings (SSSR count). The molecular formula is C36H32F7N11O2. The summed E-state index contributed by atoms with van der Waals surface area (Å²) in [4.78, 5) is 42.1. The minimum atomic E-state index is -4.81. The molecule has 292 valence electrons. The highest BCUT2D eigenvalue weighted by atomic mass is 19.4. The van der Waals surface area contributed by atoms with E-state index in [1.54, 1.807) is 14.0 Å². The van der Waals surface area contributed by atoms with Gasteiger partial charge >= 0.3 is 12.7 Å². The number of hydrogen-bond acceptors (Lipinski definition) is 8. The van der Waals surface area contributed by atoms with E-state index in [4.69, 9.17) is 0 Å². The van der Waals surface area contributed by atoms with Crippen molar-refractivity contribution in [2.45, 2.75) is 64.5 Å². The van der Waals surface area contributed by atoms with E-state index in [1.165, 1.54) is 49.3 Å². The molecule has 0 saturated carbocycles. The molecule has 6 heterocycles. The van der Waals surface area contributed by atoms with Gasteiger partial charge in [-0.1, -0.05) is 0 Å². The van der Waals surface area contributed by atoms with Crippen LogP contribution in [0.4, 0.5) is 30.7 Å². The third-order valence-corrected chi connectivity index (χ3v) is 9.40. The van der Waals surface area contributed by atoms with E-state index in [0.717, 1.165) is 34.1 Å².